The van der Waals surface area contributed by atoms with Crippen LogP contribution in [0.1, 0.15) is 20.8 Å². The minimum atomic E-state index is -0.205. The molecule has 0 atom stereocenters. The van der Waals surface area contributed by atoms with E-state index in [1.165, 1.54) is 11.3 Å². The summed E-state index contributed by atoms with van der Waals surface area (Å²) in [6.07, 6.45) is 1.64. The lowest BCUT2D eigenvalue weighted by atomic mass is 10.2. The van der Waals surface area contributed by atoms with Crippen molar-refractivity contribution in [1.82, 2.24) is 5.43 Å². The molecule has 0 unspecified atom stereocenters. The molecule has 0 spiro atoms. The number of ether oxygens (including phenoxy) is 1. The second kappa shape index (κ2) is 9.47. The SMILES string of the molecule is O=C(N/N=C\c1cc(I)c(OCc2ccccc2)c(I)c1)c1cccs1. The van der Waals surface area contributed by atoms with Crippen LogP contribution in [0.25, 0.3) is 0 Å². The minimum absolute atomic E-state index is 0.205. The molecule has 4 nitrogen and oxygen atoms in total. The van der Waals surface area contributed by atoms with Crippen LogP contribution in [0.3, 0.4) is 0 Å². The average molecular weight is 588 g/mol. The highest BCUT2D eigenvalue weighted by Crippen LogP contribution is 2.29. The molecule has 0 aliphatic carbocycles. The molecule has 1 N–H and O–H groups in total. The van der Waals surface area contributed by atoms with Gasteiger partial charge in [0.1, 0.15) is 12.4 Å². The van der Waals surface area contributed by atoms with Crippen molar-refractivity contribution in [3.8, 4) is 5.75 Å². The maximum absolute atomic E-state index is 11.9. The predicted octanol–water partition coefficient (Wildman–Crippen LogP) is 5.30. The molecule has 3 rings (SSSR count). The maximum Gasteiger partial charge on any atom is 0.281 e. The second-order valence-corrected chi connectivity index (χ2v) is 8.54. The Balaban J connectivity index is 1.64. The first-order valence-electron chi connectivity index (χ1n) is 7.66. The molecule has 0 bridgehead atoms. The number of nitrogens with one attached hydrogen (secondary N) is 1. The first-order chi connectivity index (χ1) is 12.6. The Morgan fingerprint density at radius 1 is 1.12 bits per heavy atom. The van der Waals surface area contributed by atoms with Crippen molar-refractivity contribution < 1.29 is 9.53 Å². The summed E-state index contributed by atoms with van der Waals surface area (Å²) < 4.78 is 7.97. The number of amides is 1. The summed E-state index contributed by atoms with van der Waals surface area (Å²) in [6.45, 7) is 0.525. The quantitative estimate of drug-likeness (QED) is 0.242. The fourth-order valence-electron chi connectivity index (χ4n) is 2.15. The molecule has 132 valence electrons. The Morgan fingerprint density at radius 2 is 1.85 bits per heavy atom. The smallest absolute Gasteiger partial charge is 0.281 e. The predicted molar refractivity (Wildman–Crippen MR) is 122 cm³/mol. The molecule has 0 aliphatic heterocycles. The van der Waals surface area contributed by atoms with Crippen LogP contribution in [-0.4, -0.2) is 12.1 Å². The normalized spacial score (nSPS) is 10.8. The fourth-order valence-corrected chi connectivity index (χ4v) is 4.89. The van der Waals surface area contributed by atoms with Crippen molar-refractivity contribution in [1.29, 1.82) is 0 Å². The topological polar surface area (TPSA) is 50.7 Å². The summed E-state index contributed by atoms with van der Waals surface area (Å²) in [5, 5.41) is 5.90. The molecule has 0 saturated heterocycles. The number of carbonyl (C=O) groups excluding carboxylic acids is 1. The third-order valence-corrected chi connectivity index (χ3v) is 5.84. The van der Waals surface area contributed by atoms with E-state index < -0.39 is 0 Å². The number of nitrogens with zero attached hydrogens (tertiary/aromatic N) is 1. The van der Waals surface area contributed by atoms with Gasteiger partial charge >= 0.3 is 0 Å². The number of rotatable bonds is 6. The number of hydrogen-bond acceptors (Lipinski definition) is 4. The van der Waals surface area contributed by atoms with Gasteiger partial charge < -0.3 is 4.74 Å². The van der Waals surface area contributed by atoms with Crippen molar-refractivity contribution in [3.05, 3.63) is 83.1 Å². The highest BCUT2D eigenvalue weighted by atomic mass is 127. The molecule has 7 heteroatoms. The number of hydrazone groups is 1. The number of thiophene rings is 1. The molecule has 0 aliphatic rings. The lowest BCUT2D eigenvalue weighted by Crippen LogP contribution is -2.16. The Labute approximate surface area is 182 Å². The monoisotopic (exact) mass is 588 g/mol. The van der Waals surface area contributed by atoms with Crippen molar-refractivity contribution in [2.75, 3.05) is 0 Å². The van der Waals surface area contributed by atoms with E-state index in [1.54, 1.807) is 12.3 Å². The molecule has 1 aromatic heterocycles. The van der Waals surface area contributed by atoms with Gasteiger partial charge in [-0.25, -0.2) is 5.43 Å². The van der Waals surface area contributed by atoms with E-state index in [-0.39, 0.29) is 5.91 Å². The number of benzene rings is 2. The molecule has 0 saturated carbocycles. The van der Waals surface area contributed by atoms with Gasteiger partial charge in [0.2, 0.25) is 0 Å². The summed E-state index contributed by atoms with van der Waals surface area (Å²) in [4.78, 5) is 12.5. The van der Waals surface area contributed by atoms with Crippen LogP contribution in [0.15, 0.2) is 65.1 Å². The van der Waals surface area contributed by atoms with E-state index in [9.17, 15) is 4.79 Å². The van der Waals surface area contributed by atoms with Gasteiger partial charge in [-0.15, -0.1) is 11.3 Å². The van der Waals surface area contributed by atoms with Gasteiger partial charge in [-0.1, -0.05) is 36.4 Å². The Bertz CT molecular complexity index is 890. The highest BCUT2D eigenvalue weighted by molar-refractivity contribution is 14.1. The largest absolute Gasteiger partial charge is 0.487 e. The Hall–Kier alpha value is -1.46. The van der Waals surface area contributed by atoms with Gasteiger partial charge in [0.05, 0.1) is 18.2 Å². The van der Waals surface area contributed by atoms with E-state index in [0.29, 0.717) is 11.5 Å². The first kappa shape index (κ1) is 19.3. The molecule has 0 fully saturated rings. The Kier molecular flexibility index (Phi) is 7.03. The number of halogens is 2. The zero-order valence-electron chi connectivity index (χ0n) is 13.5. The van der Waals surface area contributed by atoms with E-state index in [4.69, 9.17) is 4.74 Å². The molecular weight excluding hydrogens is 574 g/mol. The van der Waals surface area contributed by atoms with Crippen LogP contribution in [0.2, 0.25) is 0 Å². The van der Waals surface area contributed by atoms with E-state index in [0.717, 1.165) is 24.0 Å². The number of hydrogen-bond donors (Lipinski definition) is 1. The molecule has 3 aromatic rings. The van der Waals surface area contributed by atoms with Gasteiger partial charge in [-0.05, 0) is 79.9 Å². The standard InChI is InChI=1S/C19H14I2N2O2S/c20-15-9-14(11-22-23-19(24)17-7-4-8-26-17)10-16(21)18(15)25-12-13-5-2-1-3-6-13/h1-11H,12H2,(H,23,24)/b22-11-. The lowest BCUT2D eigenvalue weighted by Gasteiger charge is -2.11. The molecule has 2 aromatic carbocycles. The number of carbonyl (C=O) groups is 1. The van der Waals surface area contributed by atoms with Crippen LogP contribution >= 0.6 is 56.5 Å². The minimum Gasteiger partial charge on any atom is -0.487 e. The van der Waals surface area contributed by atoms with Crippen molar-refractivity contribution in [2.45, 2.75) is 6.61 Å². The highest BCUT2D eigenvalue weighted by Gasteiger charge is 2.09. The zero-order chi connectivity index (χ0) is 18.4. The summed E-state index contributed by atoms with van der Waals surface area (Å²) in [5.74, 6) is 0.651. The first-order valence-corrected chi connectivity index (χ1v) is 10.7. The van der Waals surface area contributed by atoms with Gasteiger partial charge in [-0.2, -0.15) is 5.10 Å². The second-order valence-electron chi connectivity index (χ2n) is 5.26. The van der Waals surface area contributed by atoms with Gasteiger partial charge in [0, 0.05) is 0 Å². The van der Waals surface area contributed by atoms with Crippen LogP contribution in [-0.2, 0) is 6.61 Å². The van der Waals surface area contributed by atoms with Crippen LogP contribution in [0.4, 0.5) is 0 Å². The van der Waals surface area contributed by atoms with Gasteiger partial charge in [0.25, 0.3) is 5.91 Å². The van der Waals surface area contributed by atoms with Crippen LogP contribution < -0.4 is 10.2 Å². The fraction of sp³-hybridized carbons (Fsp3) is 0.0526. The zero-order valence-corrected chi connectivity index (χ0v) is 18.6. The van der Waals surface area contributed by atoms with Crippen molar-refractivity contribution in [3.63, 3.8) is 0 Å². The van der Waals surface area contributed by atoms with Crippen LogP contribution in [0.5, 0.6) is 5.75 Å². The summed E-state index contributed by atoms with van der Waals surface area (Å²) >= 11 is 5.88. The van der Waals surface area contributed by atoms with E-state index in [2.05, 4.69) is 55.7 Å². The molecular formula is C19H14I2N2O2S. The van der Waals surface area contributed by atoms with Crippen molar-refractivity contribution >= 4 is 68.6 Å². The molecule has 26 heavy (non-hydrogen) atoms. The summed E-state index contributed by atoms with van der Waals surface area (Å²) in [6, 6.07) is 17.6. The third kappa shape index (κ3) is 5.27. The van der Waals surface area contributed by atoms with Crippen molar-refractivity contribution in [2.24, 2.45) is 5.10 Å². The lowest BCUT2D eigenvalue weighted by molar-refractivity contribution is 0.0959. The molecule has 1 heterocycles. The van der Waals surface area contributed by atoms with Gasteiger partial charge in [0.15, 0.2) is 0 Å². The van der Waals surface area contributed by atoms with Crippen LogP contribution in [0, 0.1) is 7.14 Å². The summed E-state index contributed by atoms with van der Waals surface area (Å²) in [7, 11) is 0. The average Bonchev–Trinajstić information content (AvgIpc) is 3.16. The maximum atomic E-state index is 11.9. The third-order valence-electron chi connectivity index (χ3n) is 3.37. The molecule has 0 radical (unpaired) electrons. The molecule has 1 amide bonds. The summed E-state index contributed by atoms with van der Waals surface area (Å²) in [5.41, 5.74) is 4.56. The van der Waals surface area contributed by atoms with E-state index >= 15 is 0 Å². The Morgan fingerprint density at radius 3 is 2.50 bits per heavy atom. The van der Waals surface area contributed by atoms with Gasteiger partial charge in [-0.3, -0.25) is 4.79 Å². The van der Waals surface area contributed by atoms with E-state index in [1.807, 2.05) is 53.9 Å².